The molecule has 12 nitrogen and oxygen atoms in total. The van der Waals surface area contributed by atoms with Gasteiger partial charge in [-0.25, -0.2) is 4.79 Å². The third-order valence-electron chi connectivity index (χ3n) is 6.54. The Labute approximate surface area is 224 Å². The number of hydrogen-bond donors (Lipinski definition) is 6. The van der Waals surface area contributed by atoms with Gasteiger partial charge in [0.2, 0.25) is 23.6 Å². The summed E-state index contributed by atoms with van der Waals surface area (Å²) in [6.45, 7) is 0.238. The van der Waals surface area contributed by atoms with E-state index in [4.69, 9.17) is 11.5 Å². The predicted octanol–water partition coefficient (Wildman–Crippen LogP) is -0.289. The predicted molar refractivity (Wildman–Crippen MR) is 143 cm³/mol. The summed E-state index contributed by atoms with van der Waals surface area (Å²) < 4.78 is 0. The number of hydrogen-bond acceptors (Lipinski definition) is 7. The second-order valence-electron chi connectivity index (χ2n) is 9.27. The van der Waals surface area contributed by atoms with Gasteiger partial charge in [-0.3, -0.25) is 19.2 Å². The number of nitrogens with two attached hydrogens (primary N) is 2. The maximum absolute atomic E-state index is 13.6. The summed E-state index contributed by atoms with van der Waals surface area (Å²) in [6.07, 6.45) is 4.35. The number of benzene rings is 1. The van der Waals surface area contributed by atoms with E-state index >= 15 is 0 Å². The number of aromatic nitrogens is 1. The third kappa shape index (κ3) is 7.25. The number of amides is 4. The Morgan fingerprint density at radius 3 is 2.55 bits per heavy atom. The maximum Gasteiger partial charge on any atom is 0.326 e. The van der Waals surface area contributed by atoms with Crippen molar-refractivity contribution in [2.24, 2.45) is 11.5 Å². The number of likely N-dealkylation sites (tertiary alicyclic amines) is 1. The Hall–Kier alpha value is -3.58. The number of aromatic amines is 1. The summed E-state index contributed by atoms with van der Waals surface area (Å²) in [5, 5.41) is 15.6. The minimum absolute atomic E-state index is 0.0574. The SMILES string of the molecule is CSCCC(N)C(=O)NC(CC(N)=O)C(=O)NC(Cc1c[nH]c2ccccc12)C(=O)N1CCCC1C(=O)O. The number of carbonyl (C=O) groups is 5. The smallest absolute Gasteiger partial charge is 0.326 e. The van der Waals surface area contributed by atoms with Crippen molar-refractivity contribution < 1.29 is 29.1 Å². The van der Waals surface area contributed by atoms with Crippen molar-refractivity contribution in [2.75, 3.05) is 18.6 Å². The monoisotopic (exact) mass is 546 g/mol. The highest BCUT2D eigenvalue weighted by molar-refractivity contribution is 7.98. The summed E-state index contributed by atoms with van der Waals surface area (Å²) in [4.78, 5) is 67.3. The van der Waals surface area contributed by atoms with Gasteiger partial charge in [-0.2, -0.15) is 11.8 Å². The zero-order valence-electron chi connectivity index (χ0n) is 21.1. The molecule has 4 atom stereocenters. The largest absolute Gasteiger partial charge is 0.480 e. The number of thioether (sulfide) groups is 1. The van der Waals surface area contributed by atoms with Crippen LogP contribution in [0.2, 0.25) is 0 Å². The van der Waals surface area contributed by atoms with Crippen LogP contribution in [0, 0.1) is 0 Å². The first kappa shape index (κ1) is 29.0. The number of H-pyrrole nitrogens is 1. The van der Waals surface area contributed by atoms with Crippen molar-refractivity contribution in [3.63, 3.8) is 0 Å². The first-order chi connectivity index (χ1) is 18.1. The van der Waals surface area contributed by atoms with E-state index in [0.29, 0.717) is 25.0 Å². The van der Waals surface area contributed by atoms with Gasteiger partial charge in [0.25, 0.3) is 0 Å². The van der Waals surface area contributed by atoms with E-state index in [1.54, 1.807) is 6.20 Å². The molecule has 1 aliphatic heterocycles. The molecule has 4 amide bonds. The molecule has 38 heavy (non-hydrogen) atoms. The Kier molecular flexibility index (Phi) is 10.1. The second-order valence-corrected chi connectivity index (χ2v) is 10.3. The van der Waals surface area contributed by atoms with Crippen molar-refractivity contribution in [1.82, 2.24) is 20.5 Å². The van der Waals surface area contributed by atoms with Gasteiger partial charge in [-0.1, -0.05) is 18.2 Å². The molecule has 13 heteroatoms. The van der Waals surface area contributed by atoms with Gasteiger partial charge in [0.05, 0.1) is 12.5 Å². The van der Waals surface area contributed by atoms with Crippen LogP contribution in [0.4, 0.5) is 0 Å². The Bertz CT molecular complexity index is 1190. The molecule has 4 unspecified atom stereocenters. The zero-order chi connectivity index (χ0) is 27.8. The van der Waals surface area contributed by atoms with Crippen LogP contribution in [-0.4, -0.2) is 87.3 Å². The summed E-state index contributed by atoms with van der Waals surface area (Å²) in [7, 11) is 0. The van der Waals surface area contributed by atoms with Gasteiger partial charge in [0.1, 0.15) is 18.1 Å². The standard InChI is InChI=1S/C25H34N6O6S/c1-38-10-8-16(26)22(33)29-18(12-21(27)32)23(34)30-19(24(35)31-9-4-7-20(31)25(36)37)11-14-13-28-17-6-3-2-5-15(14)17/h2-3,5-6,13,16,18-20,28H,4,7-12,26H2,1H3,(H2,27,32)(H,29,33)(H,30,34)(H,36,37). The minimum Gasteiger partial charge on any atom is -0.480 e. The van der Waals surface area contributed by atoms with Crippen LogP contribution in [0.5, 0.6) is 0 Å². The summed E-state index contributed by atoms with van der Waals surface area (Å²) in [6, 6.07) is 3.03. The molecule has 3 rings (SSSR count). The van der Waals surface area contributed by atoms with Crippen LogP contribution in [0.3, 0.4) is 0 Å². The number of carboxylic acids is 1. The average molecular weight is 547 g/mol. The number of para-hydroxylation sites is 1. The fourth-order valence-corrected chi connectivity index (χ4v) is 5.03. The molecule has 8 N–H and O–H groups in total. The molecule has 0 spiro atoms. The van der Waals surface area contributed by atoms with Crippen LogP contribution in [0.25, 0.3) is 10.9 Å². The van der Waals surface area contributed by atoms with Crippen molar-refractivity contribution in [3.05, 3.63) is 36.0 Å². The summed E-state index contributed by atoms with van der Waals surface area (Å²) in [5.41, 5.74) is 12.8. The lowest BCUT2D eigenvalue weighted by atomic mass is 10.0. The van der Waals surface area contributed by atoms with Crippen molar-refractivity contribution in [3.8, 4) is 0 Å². The van der Waals surface area contributed by atoms with Crippen LogP contribution in [-0.2, 0) is 30.4 Å². The molecule has 1 fully saturated rings. The summed E-state index contributed by atoms with van der Waals surface area (Å²) in [5.74, 6) is -3.29. The number of primary amides is 1. The fraction of sp³-hybridized carbons (Fsp3) is 0.480. The lowest BCUT2D eigenvalue weighted by Crippen LogP contribution is -2.58. The van der Waals surface area contributed by atoms with Crippen LogP contribution in [0.1, 0.15) is 31.2 Å². The first-order valence-corrected chi connectivity index (χ1v) is 13.7. The first-order valence-electron chi connectivity index (χ1n) is 12.3. The molecule has 1 aromatic heterocycles. The topological polar surface area (TPSA) is 201 Å². The highest BCUT2D eigenvalue weighted by Crippen LogP contribution is 2.23. The van der Waals surface area contributed by atoms with Gasteiger partial charge in [0, 0.05) is 30.1 Å². The van der Waals surface area contributed by atoms with Crippen molar-refractivity contribution >= 4 is 52.3 Å². The highest BCUT2D eigenvalue weighted by atomic mass is 32.2. The number of aliphatic carboxylic acids is 1. The number of carboxylic acid groups (broad SMARTS) is 1. The van der Waals surface area contributed by atoms with Crippen LogP contribution in [0.15, 0.2) is 30.5 Å². The lowest BCUT2D eigenvalue weighted by Gasteiger charge is -2.29. The number of rotatable bonds is 13. The number of fused-ring (bicyclic) bond motifs is 1. The van der Waals surface area contributed by atoms with Gasteiger partial charge < -0.3 is 37.1 Å². The highest BCUT2D eigenvalue weighted by Gasteiger charge is 2.39. The van der Waals surface area contributed by atoms with Gasteiger partial charge in [-0.15, -0.1) is 0 Å². The molecule has 1 saturated heterocycles. The molecular weight excluding hydrogens is 512 g/mol. The van der Waals surface area contributed by atoms with Gasteiger partial charge in [-0.05, 0) is 42.9 Å². The number of nitrogens with one attached hydrogen (secondary N) is 3. The minimum atomic E-state index is -1.35. The summed E-state index contributed by atoms with van der Waals surface area (Å²) >= 11 is 1.51. The molecule has 0 saturated carbocycles. The Morgan fingerprint density at radius 1 is 1.16 bits per heavy atom. The molecule has 2 heterocycles. The van der Waals surface area contributed by atoms with E-state index in [0.717, 1.165) is 16.5 Å². The number of carbonyl (C=O) groups excluding carboxylic acids is 4. The van der Waals surface area contributed by atoms with E-state index in [-0.39, 0.29) is 13.0 Å². The Balaban J connectivity index is 1.85. The molecular formula is C25H34N6O6S. The Morgan fingerprint density at radius 2 is 1.87 bits per heavy atom. The quantitative estimate of drug-likeness (QED) is 0.197. The lowest BCUT2D eigenvalue weighted by molar-refractivity contribution is -0.149. The van der Waals surface area contributed by atoms with E-state index < -0.39 is 60.2 Å². The molecule has 1 aromatic carbocycles. The molecule has 0 aliphatic carbocycles. The second kappa shape index (κ2) is 13.3. The normalized spacial score (nSPS) is 17.5. The maximum atomic E-state index is 13.6. The zero-order valence-corrected chi connectivity index (χ0v) is 22.0. The van der Waals surface area contributed by atoms with E-state index in [2.05, 4.69) is 15.6 Å². The van der Waals surface area contributed by atoms with E-state index in [1.165, 1.54) is 16.7 Å². The third-order valence-corrected chi connectivity index (χ3v) is 7.19. The fourth-order valence-electron chi connectivity index (χ4n) is 4.55. The van der Waals surface area contributed by atoms with Gasteiger partial charge in [0.15, 0.2) is 0 Å². The molecule has 1 aliphatic rings. The van der Waals surface area contributed by atoms with Crippen LogP contribution >= 0.6 is 11.8 Å². The number of nitrogens with zero attached hydrogens (tertiary/aromatic N) is 1. The average Bonchev–Trinajstić information content (AvgIpc) is 3.53. The molecule has 206 valence electrons. The van der Waals surface area contributed by atoms with Gasteiger partial charge >= 0.3 is 5.97 Å². The van der Waals surface area contributed by atoms with Crippen molar-refractivity contribution in [2.45, 2.75) is 56.3 Å². The van der Waals surface area contributed by atoms with E-state index in [9.17, 15) is 29.1 Å². The van der Waals surface area contributed by atoms with Crippen molar-refractivity contribution in [1.29, 1.82) is 0 Å². The van der Waals surface area contributed by atoms with E-state index in [1.807, 2.05) is 30.5 Å². The molecule has 0 bridgehead atoms. The molecule has 2 aromatic rings. The van der Waals surface area contributed by atoms with Crippen LogP contribution < -0.4 is 22.1 Å². The molecule has 0 radical (unpaired) electrons.